The topological polar surface area (TPSA) is 41.6 Å². The third-order valence-corrected chi connectivity index (χ3v) is 5.72. The molecule has 1 aliphatic carbocycles. The molecule has 5 nitrogen and oxygen atoms in total. The number of rotatable bonds is 1. The number of methoxy groups -OCH3 is 1. The molecular formula is C15H28N3O2+. The zero-order valence-electron chi connectivity index (χ0n) is 12.8. The van der Waals surface area contributed by atoms with Crippen LogP contribution in [0.15, 0.2) is 0 Å². The average Bonchev–Trinajstić information content (AvgIpc) is 3.00. The Bertz CT molecular complexity index is 370. The van der Waals surface area contributed by atoms with Crippen LogP contribution in [0, 0.1) is 0 Å². The standard InChI is InChI=1S/C15H28N3O2/c1-18(15(19)20-2)11-8-16-14-12(6-5-7-13(14)18)17-9-3-4-10-17/h12-14,16H,3-11H2,1-2H3/q+1. The molecule has 1 saturated carbocycles. The smallest absolute Gasteiger partial charge is 0.423 e. The van der Waals surface area contributed by atoms with Crippen molar-refractivity contribution in [2.24, 2.45) is 0 Å². The number of carbonyl (C=O) groups is 1. The van der Waals surface area contributed by atoms with Gasteiger partial charge in [0.05, 0.1) is 20.2 Å². The molecule has 20 heavy (non-hydrogen) atoms. The lowest BCUT2D eigenvalue weighted by Crippen LogP contribution is -2.74. The number of quaternary nitrogens is 1. The monoisotopic (exact) mass is 282 g/mol. The van der Waals surface area contributed by atoms with E-state index in [2.05, 4.69) is 17.3 Å². The van der Waals surface area contributed by atoms with Crippen LogP contribution in [0.5, 0.6) is 0 Å². The zero-order valence-corrected chi connectivity index (χ0v) is 12.8. The molecule has 0 bridgehead atoms. The molecule has 3 fully saturated rings. The highest BCUT2D eigenvalue weighted by Gasteiger charge is 2.53. The maximum atomic E-state index is 12.3. The van der Waals surface area contributed by atoms with E-state index >= 15 is 0 Å². The molecule has 3 aliphatic rings. The molecule has 2 aliphatic heterocycles. The van der Waals surface area contributed by atoms with Crippen LogP contribution in [0.4, 0.5) is 4.79 Å². The van der Waals surface area contributed by atoms with E-state index in [9.17, 15) is 4.79 Å². The van der Waals surface area contributed by atoms with Gasteiger partial charge in [-0.05, 0) is 38.8 Å². The van der Waals surface area contributed by atoms with Crippen LogP contribution in [0.1, 0.15) is 32.1 Å². The molecule has 3 rings (SSSR count). The van der Waals surface area contributed by atoms with Crippen LogP contribution in [-0.4, -0.2) is 73.9 Å². The van der Waals surface area contributed by atoms with Crippen LogP contribution in [0.2, 0.25) is 0 Å². The van der Waals surface area contributed by atoms with Crippen molar-refractivity contribution in [1.29, 1.82) is 0 Å². The van der Waals surface area contributed by atoms with E-state index in [1.807, 2.05) is 0 Å². The number of likely N-dealkylation sites (N-methyl/N-ethyl adjacent to an activating group) is 1. The Labute approximate surface area is 121 Å². The van der Waals surface area contributed by atoms with Crippen molar-refractivity contribution in [2.45, 2.75) is 50.2 Å². The molecule has 0 aromatic rings. The second-order valence-corrected chi connectivity index (χ2v) is 6.75. The molecule has 114 valence electrons. The third-order valence-electron chi connectivity index (χ3n) is 5.72. The fourth-order valence-corrected chi connectivity index (χ4v) is 4.61. The molecule has 5 heteroatoms. The number of hydrogen-bond acceptors (Lipinski definition) is 4. The van der Waals surface area contributed by atoms with E-state index in [-0.39, 0.29) is 6.09 Å². The van der Waals surface area contributed by atoms with Crippen molar-refractivity contribution in [2.75, 3.05) is 40.3 Å². The third kappa shape index (κ3) is 2.26. The summed E-state index contributed by atoms with van der Waals surface area (Å²) in [6.07, 6.45) is 6.23. The van der Waals surface area contributed by atoms with Gasteiger partial charge < -0.3 is 10.1 Å². The lowest BCUT2D eigenvalue weighted by molar-refractivity contribution is -0.870. The maximum absolute atomic E-state index is 12.3. The minimum absolute atomic E-state index is 0.0661. The average molecular weight is 282 g/mol. The number of fused-ring (bicyclic) bond motifs is 1. The quantitative estimate of drug-likeness (QED) is 0.734. The van der Waals surface area contributed by atoms with Gasteiger partial charge >= 0.3 is 6.09 Å². The number of piperazine rings is 1. The lowest BCUT2D eigenvalue weighted by atomic mass is 9.81. The maximum Gasteiger partial charge on any atom is 0.515 e. The van der Waals surface area contributed by atoms with Crippen molar-refractivity contribution < 1.29 is 14.0 Å². The summed E-state index contributed by atoms with van der Waals surface area (Å²) in [6.45, 7) is 4.23. The summed E-state index contributed by atoms with van der Waals surface area (Å²) in [7, 11) is 3.58. The molecular weight excluding hydrogens is 254 g/mol. The summed E-state index contributed by atoms with van der Waals surface area (Å²) in [6, 6.07) is 1.42. The molecule has 4 unspecified atom stereocenters. The molecule has 1 N–H and O–H groups in total. The fraction of sp³-hybridized carbons (Fsp3) is 0.933. The van der Waals surface area contributed by atoms with E-state index in [0.29, 0.717) is 22.6 Å². The van der Waals surface area contributed by atoms with E-state index < -0.39 is 0 Å². The van der Waals surface area contributed by atoms with Crippen molar-refractivity contribution in [3.63, 3.8) is 0 Å². The van der Waals surface area contributed by atoms with E-state index in [0.717, 1.165) is 19.5 Å². The van der Waals surface area contributed by atoms with Crippen molar-refractivity contribution in [1.82, 2.24) is 10.2 Å². The Morgan fingerprint density at radius 3 is 2.70 bits per heavy atom. The van der Waals surface area contributed by atoms with E-state index in [1.165, 1.54) is 45.9 Å². The molecule has 1 amide bonds. The van der Waals surface area contributed by atoms with Crippen molar-refractivity contribution in [3.8, 4) is 0 Å². The summed E-state index contributed by atoms with van der Waals surface area (Å²) < 4.78 is 5.55. The minimum atomic E-state index is -0.0661. The molecule has 2 saturated heterocycles. The predicted molar refractivity (Wildman–Crippen MR) is 77.5 cm³/mol. The highest BCUT2D eigenvalue weighted by atomic mass is 16.5. The fourth-order valence-electron chi connectivity index (χ4n) is 4.61. The van der Waals surface area contributed by atoms with Crippen LogP contribution in [0.3, 0.4) is 0 Å². The SMILES string of the molecule is COC(=O)[N+]1(C)CCNC2C(N3CCCC3)CCCC21. The summed E-state index contributed by atoms with van der Waals surface area (Å²) >= 11 is 0. The Kier molecular flexibility index (Phi) is 4.02. The molecule has 0 aromatic heterocycles. The number of likely N-dealkylation sites (tertiary alicyclic amines) is 1. The second kappa shape index (κ2) is 5.62. The molecule has 2 heterocycles. The van der Waals surface area contributed by atoms with Gasteiger partial charge in [-0.15, -0.1) is 0 Å². The number of ether oxygens (including phenoxy) is 1. The Morgan fingerprint density at radius 2 is 2.00 bits per heavy atom. The summed E-state index contributed by atoms with van der Waals surface area (Å²) in [5, 5.41) is 3.72. The van der Waals surface area contributed by atoms with Crippen LogP contribution >= 0.6 is 0 Å². The first kappa shape index (κ1) is 14.3. The van der Waals surface area contributed by atoms with Crippen LogP contribution in [-0.2, 0) is 4.74 Å². The van der Waals surface area contributed by atoms with Crippen molar-refractivity contribution >= 4 is 6.09 Å². The van der Waals surface area contributed by atoms with Crippen molar-refractivity contribution in [3.05, 3.63) is 0 Å². The van der Waals surface area contributed by atoms with Gasteiger partial charge in [-0.3, -0.25) is 4.90 Å². The first-order valence-corrected chi connectivity index (χ1v) is 8.08. The number of nitrogens with zero attached hydrogens (tertiary/aromatic N) is 2. The van der Waals surface area contributed by atoms with Gasteiger partial charge in [0.1, 0.15) is 12.6 Å². The van der Waals surface area contributed by atoms with Gasteiger partial charge in [-0.25, -0.2) is 4.48 Å². The first-order valence-electron chi connectivity index (χ1n) is 8.08. The molecule has 0 aromatic carbocycles. The minimum Gasteiger partial charge on any atom is -0.423 e. The predicted octanol–water partition coefficient (Wildman–Crippen LogP) is 1.19. The Morgan fingerprint density at radius 1 is 1.25 bits per heavy atom. The molecule has 4 atom stereocenters. The highest BCUT2D eigenvalue weighted by molar-refractivity contribution is 5.59. The number of hydrogen-bond donors (Lipinski definition) is 1. The second-order valence-electron chi connectivity index (χ2n) is 6.75. The van der Waals surface area contributed by atoms with Gasteiger partial charge in [0.25, 0.3) is 0 Å². The van der Waals surface area contributed by atoms with Gasteiger partial charge in [0, 0.05) is 19.0 Å². The van der Waals surface area contributed by atoms with E-state index in [4.69, 9.17) is 4.74 Å². The van der Waals surface area contributed by atoms with Gasteiger partial charge in [0.15, 0.2) is 0 Å². The van der Waals surface area contributed by atoms with Gasteiger partial charge in [-0.2, -0.15) is 4.79 Å². The number of carbonyl (C=O) groups excluding carboxylic acids is 1. The van der Waals surface area contributed by atoms with Crippen LogP contribution < -0.4 is 5.32 Å². The molecule has 0 spiro atoms. The zero-order chi connectivity index (χ0) is 14.2. The molecule has 0 radical (unpaired) electrons. The number of amides is 1. The summed E-state index contributed by atoms with van der Waals surface area (Å²) in [5.74, 6) is 0. The van der Waals surface area contributed by atoms with Crippen LogP contribution in [0.25, 0.3) is 0 Å². The van der Waals surface area contributed by atoms with Gasteiger partial charge in [0.2, 0.25) is 0 Å². The first-order chi connectivity index (χ1) is 9.66. The largest absolute Gasteiger partial charge is 0.515 e. The van der Waals surface area contributed by atoms with Gasteiger partial charge in [-0.1, -0.05) is 0 Å². The Hall–Kier alpha value is -0.650. The summed E-state index contributed by atoms with van der Waals surface area (Å²) in [5.41, 5.74) is 0. The Balaban J connectivity index is 1.81. The number of nitrogens with one attached hydrogen (secondary N) is 1. The lowest BCUT2D eigenvalue weighted by Gasteiger charge is -2.51. The summed E-state index contributed by atoms with van der Waals surface area (Å²) in [4.78, 5) is 14.9. The highest BCUT2D eigenvalue weighted by Crippen LogP contribution is 2.34. The normalized spacial score (nSPS) is 42.2. The van der Waals surface area contributed by atoms with E-state index in [1.54, 1.807) is 0 Å².